The highest BCUT2D eigenvalue weighted by Gasteiger charge is 2.60. The van der Waals surface area contributed by atoms with Crippen LogP contribution in [-0.4, -0.2) is 28.8 Å². The molecular weight excluding hydrogens is 374 g/mol. The normalized spacial score (nSPS) is 24.0. The summed E-state index contributed by atoms with van der Waals surface area (Å²) < 4.78 is 0. The van der Waals surface area contributed by atoms with E-state index in [4.69, 9.17) is 0 Å². The summed E-state index contributed by atoms with van der Waals surface area (Å²) in [6.45, 7) is 13.4. The number of nitrogens with one attached hydrogen (secondary N) is 1. The minimum absolute atomic E-state index is 0.0212. The second kappa shape index (κ2) is 6.95. The number of fused-ring (bicyclic) bond motifs is 1. The lowest BCUT2D eigenvalue weighted by molar-refractivity contribution is -0.133. The molecule has 0 saturated carbocycles. The maximum atomic E-state index is 13.3. The van der Waals surface area contributed by atoms with E-state index >= 15 is 0 Å². The Morgan fingerprint density at radius 3 is 2.27 bits per heavy atom. The fourth-order valence-corrected chi connectivity index (χ4v) is 4.38. The molecule has 2 saturated heterocycles. The van der Waals surface area contributed by atoms with E-state index in [0.717, 1.165) is 16.8 Å². The number of amides is 2. The molecule has 1 N–H and O–H groups in total. The minimum atomic E-state index is -0.902. The molecule has 5 heteroatoms. The van der Waals surface area contributed by atoms with Gasteiger partial charge in [-0.05, 0) is 60.6 Å². The van der Waals surface area contributed by atoms with Crippen LogP contribution in [0, 0.1) is 19.8 Å². The number of likely N-dealkylation sites (tertiary alicyclic amines) is 1. The maximum Gasteiger partial charge on any atom is 0.248 e. The number of carbonyl (C=O) groups excluding carboxylic acids is 2. The lowest BCUT2D eigenvalue weighted by Crippen LogP contribution is -2.52. The topological polar surface area (TPSA) is 52.7 Å². The Hall–Kier alpha value is -2.66. The van der Waals surface area contributed by atoms with E-state index in [1.54, 1.807) is 9.91 Å². The number of hydrazine groups is 1. The summed E-state index contributed by atoms with van der Waals surface area (Å²) in [7, 11) is 0. The molecule has 2 aromatic rings. The van der Waals surface area contributed by atoms with Crippen LogP contribution in [0.3, 0.4) is 0 Å². The number of aryl methyl sites for hydroxylation is 2. The van der Waals surface area contributed by atoms with Gasteiger partial charge in [-0.25, -0.2) is 10.4 Å². The molecule has 2 heterocycles. The van der Waals surface area contributed by atoms with E-state index < -0.39 is 5.54 Å². The highest BCUT2D eigenvalue weighted by Crippen LogP contribution is 2.38. The predicted octanol–water partition coefficient (Wildman–Crippen LogP) is 3.87. The molecule has 2 fully saturated rings. The zero-order valence-corrected chi connectivity index (χ0v) is 18.7. The average Bonchev–Trinajstić information content (AvgIpc) is 3.08. The molecule has 30 heavy (non-hydrogen) atoms. The van der Waals surface area contributed by atoms with Gasteiger partial charge in [0, 0.05) is 13.1 Å². The van der Waals surface area contributed by atoms with Gasteiger partial charge in [-0.15, -0.1) is 0 Å². The minimum Gasteiger partial charge on any atom is -0.336 e. The van der Waals surface area contributed by atoms with Crippen LogP contribution in [0.5, 0.6) is 0 Å². The number of benzene rings is 2. The fourth-order valence-electron chi connectivity index (χ4n) is 4.38. The summed E-state index contributed by atoms with van der Waals surface area (Å²) in [5, 5.41) is 1.56. The van der Waals surface area contributed by atoms with Crippen LogP contribution in [0.4, 0.5) is 5.69 Å². The lowest BCUT2D eigenvalue weighted by atomic mass is 9.87. The number of carbonyl (C=O) groups is 2. The molecule has 2 aromatic carbocycles. The highest BCUT2D eigenvalue weighted by molar-refractivity contribution is 6.06. The van der Waals surface area contributed by atoms with E-state index in [0.29, 0.717) is 13.1 Å². The number of hydrogen-bond acceptors (Lipinski definition) is 3. The monoisotopic (exact) mass is 405 g/mol. The lowest BCUT2D eigenvalue weighted by Gasteiger charge is -2.26. The molecule has 158 valence electrons. The van der Waals surface area contributed by atoms with Gasteiger partial charge in [0.05, 0.1) is 11.6 Å². The number of nitrogens with zero attached hydrogens (tertiary/aromatic N) is 2. The quantitative estimate of drug-likeness (QED) is 0.843. The largest absolute Gasteiger partial charge is 0.336 e. The van der Waals surface area contributed by atoms with Crippen LogP contribution in [0.2, 0.25) is 0 Å². The van der Waals surface area contributed by atoms with Gasteiger partial charge >= 0.3 is 0 Å². The van der Waals surface area contributed by atoms with Gasteiger partial charge in [0.2, 0.25) is 11.8 Å². The van der Waals surface area contributed by atoms with Crippen LogP contribution in [0.15, 0.2) is 42.5 Å². The van der Waals surface area contributed by atoms with Gasteiger partial charge in [0.1, 0.15) is 5.54 Å². The Kier molecular flexibility index (Phi) is 4.77. The van der Waals surface area contributed by atoms with Crippen molar-refractivity contribution in [2.75, 3.05) is 11.6 Å². The van der Waals surface area contributed by atoms with Crippen molar-refractivity contribution in [3.63, 3.8) is 0 Å². The van der Waals surface area contributed by atoms with Gasteiger partial charge in [0.25, 0.3) is 0 Å². The van der Waals surface area contributed by atoms with E-state index in [2.05, 4.69) is 50.5 Å². The molecule has 2 aliphatic heterocycles. The van der Waals surface area contributed by atoms with Gasteiger partial charge in [-0.1, -0.05) is 51.1 Å². The molecule has 5 nitrogen and oxygen atoms in total. The van der Waals surface area contributed by atoms with Crippen molar-refractivity contribution in [3.8, 4) is 0 Å². The zero-order chi connectivity index (χ0) is 21.8. The fraction of sp³-hybridized carbons (Fsp3) is 0.440. The van der Waals surface area contributed by atoms with E-state index in [-0.39, 0.29) is 23.1 Å². The Morgan fingerprint density at radius 1 is 1.03 bits per heavy atom. The summed E-state index contributed by atoms with van der Waals surface area (Å²) in [4.78, 5) is 28.2. The zero-order valence-electron chi connectivity index (χ0n) is 18.7. The van der Waals surface area contributed by atoms with Crippen LogP contribution in [0.1, 0.15) is 49.9 Å². The van der Waals surface area contributed by atoms with Gasteiger partial charge < -0.3 is 4.90 Å². The smallest absolute Gasteiger partial charge is 0.248 e. The summed E-state index contributed by atoms with van der Waals surface area (Å²) in [6, 6.07) is 14.3. The molecule has 2 aliphatic rings. The molecule has 0 spiro atoms. The molecular formula is C25H31N3O2. The van der Waals surface area contributed by atoms with E-state index in [1.165, 1.54) is 11.1 Å². The van der Waals surface area contributed by atoms with Crippen molar-refractivity contribution in [2.24, 2.45) is 5.92 Å². The molecule has 2 unspecified atom stereocenters. The third-order valence-corrected chi connectivity index (χ3v) is 6.64. The molecule has 0 radical (unpaired) electrons. The van der Waals surface area contributed by atoms with Crippen molar-refractivity contribution in [3.05, 3.63) is 64.7 Å². The first kappa shape index (κ1) is 20.6. The molecule has 4 rings (SSSR count). The molecule has 2 amide bonds. The maximum absolute atomic E-state index is 13.3. The first-order chi connectivity index (χ1) is 14.0. The first-order valence-corrected chi connectivity index (χ1v) is 10.6. The SMILES string of the molecule is Cc1ccc(N2NC3(C)C(=O)N(Cc4ccc(C(C)(C)C)cc4)CC3C2=O)cc1C. The Bertz CT molecular complexity index is 1010. The van der Waals surface area contributed by atoms with Crippen molar-refractivity contribution in [2.45, 2.75) is 59.0 Å². The summed E-state index contributed by atoms with van der Waals surface area (Å²) in [5.74, 6) is -0.452. The van der Waals surface area contributed by atoms with Gasteiger partial charge in [0.15, 0.2) is 0 Å². The Labute approximate surface area is 179 Å². The summed E-state index contributed by atoms with van der Waals surface area (Å²) in [5.41, 5.74) is 7.86. The van der Waals surface area contributed by atoms with Crippen LogP contribution in [0.25, 0.3) is 0 Å². The van der Waals surface area contributed by atoms with Gasteiger partial charge in [-0.3, -0.25) is 9.59 Å². The van der Waals surface area contributed by atoms with Crippen LogP contribution >= 0.6 is 0 Å². The number of hydrogen-bond donors (Lipinski definition) is 1. The Morgan fingerprint density at radius 2 is 1.70 bits per heavy atom. The van der Waals surface area contributed by atoms with Crippen molar-refractivity contribution in [1.82, 2.24) is 10.3 Å². The highest BCUT2D eigenvalue weighted by atomic mass is 16.2. The van der Waals surface area contributed by atoms with Crippen molar-refractivity contribution >= 4 is 17.5 Å². The van der Waals surface area contributed by atoms with Crippen molar-refractivity contribution < 1.29 is 9.59 Å². The van der Waals surface area contributed by atoms with Crippen LogP contribution < -0.4 is 10.4 Å². The molecule has 0 bridgehead atoms. The summed E-state index contributed by atoms with van der Waals surface area (Å²) >= 11 is 0. The molecule has 0 aliphatic carbocycles. The molecule has 0 aromatic heterocycles. The second-order valence-electron chi connectivity index (χ2n) is 9.94. The third kappa shape index (κ3) is 3.31. The first-order valence-electron chi connectivity index (χ1n) is 10.6. The average molecular weight is 406 g/mol. The molecule has 2 atom stereocenters. The standard InChI is InChI=1S/C25H31N3O2/c1-16-7-12-20(13-17(16)2)28-22(29)21-15-27(23(30)25(21,6)26-28)14-18-8-10-19(11-9-18)24(3,4)5/h7-13,21,26H,14-15H2,1-6H3. The van der Waals surface area contributed by atoms with E-state index in [1.807, 2.05) is 39.0 Å². The van der Waals surface area contributed by atoms with E-state index in [9.17, 15) is 9.59 Å². The van der Waals surface area contributed by atoms with Gasteiger partial charge in [-0.2, -0.15) is 0 Å². The van der Waals surface area contributed by atoms with Crippen molar-refractivity contribution in [1.29, 1.82) is 0 Å². The second-order valence-corrected chi connectivity index (χ2v) is 9.94. The summed E-state index contributed by atoms with van der Waals surface area (Å²) in [6.07, 6.45) is 0. The van der Waals surface area contributed by atoms with Crippen LogP contribution in [-0.2, 0) is 21.5 Å². The number of rotatable bonds is 3. The predicted molar refractivity (Wildman–Crippen MR) is 119 cm³/mol. The third-order valence-electron chi connectivity index (χ3n) is 6.64. The number of anilines is 1. The Balaban J connectivity index is 1.52.